The van der Waals surface area contributed by atoms with Crippen LogP contribution in [0.3, 0.4) is 0 Å². The van der Waals surface area contributed by atoms with Gasteiger partial charge in [-0.25, -0.2) is 9.37 Å². The third-order valence-electron chi connectivity index (χ3n) is 10.5. The molecular formula is C42H44F4N6O6S. The van der Waals surface area contributed by atoms with Crippen LogP contribution in [-0.2, 0) is 22.6 Å². The van der Waals surface area contributed by atoms with Crippen LogP contribution < -0.4 is 15.4 Å². The van der Waals surface area contributed by atoms with Crippen LogP contribution in [0.4, 0.5) is 17.6 Å². The van der Waals surface area contributed by atoms with Gasteiger partial charge in [0.25, 0.3) is 0 Å². The van der Waals surface area contributed by atoms with Crippen LogP contribution >= 0.6 is 11.3 Å². The van der Waals surface area contributed by atoms with Crippen LogP contribution in [0.1, 0.15) is 35.0 Å². The number of amides is 2. The molecule has 17 heteroatoms. The van der Waals surface area contributed by atoms with Crippen molar-refractivity contribution in [3.8, 4) is 27.6 Å². The van der Waals surface area contributed by atoms with Gasteiger partial charge in [-0.3, -0.25) is 24.4 Å². The number of pyridine rings is 1. The Morgan fingerprint density at radius 2 is 1.86 bits per heavy atom. The number of nitrogens with one attached hydrogen (secondary N) is 2. The monoisotopic (exact) mass is 836 g/mol. The average Bonchev–Trinajstić information content (AvgIpc) is 3.88. The predicted octanol–water partition coefficient (Wildman–Crippen LogP) is 5.30. The maximum absolute atomic E-state index is 14.2. The number of rotatable bonds is 14. The molecule has 3 aromatic heterocycles. The van der Waals surface area contributed by atoms with Gasteiger partial charge in [0.05, 0.1) is 17.8 Å². The average molecular weight is 837 g/mol. The number of hydrogen-bond donors (Lipinski definition) is 4. The quantitative estimate of drug-likeness (QED) is 0.109. The van der Waals surface area contributed by atoms with Gasteiger partial charge >= 0.3 is 6.18 Å². The van der Waals surface area contributed by atoms with Crippen molar-refractivity contribution in [1.29, 1.82) is 0 Å². The summed E-state index contributed by atoms with van der Waals surface area (Å²) in [5.41, 5.74) is 3.74. The minimum atomic E-state index is -4.63. The van der Waals surface area contributed by atoms with E-state index in [1.807, 2.05) is 28.6 Å². The number of fused-ring (bicyclic) bond motifs is 1. The van der Waals surface area contributed by atoms with Crippen LogP contribution in [0.5, 0.6) is 5.75 Å². The Morgan fingerprint density at radius 1 is 1.07 bits per heavy atom. The van der Waals surface area contributed by atoms with Gasteiger partial charge in [-0.15, -0.1) is 11.3 Å². The zero-order valence-electron chi connectivity index (χ0n) is 32.1. The highest BCUT2D eigenvalue weighted by atomic mass is 32.1. The molecule has 0 aliphatic carbocycles. The molecule has 0 saturated carbocycles. The smallest absolute Gasteiger partial charge is 0.405 e. The molecule has 1 saturated heterocycles. The van der Waals surface area contributed by atoms with Crippen molar-refractivity contribution < 1.29 is 46.5 Å². The van der Waals surface area contributed by atoms with E-state index in [1.54, 1.807) is 65.8 Å². The molecule has 0 unspecified atom stereocenters. The van der Waals surface area contributed by atoms with E-state index >= 15 is 0 Å². The van der Waals surface area contributed by atoms with E-state index in [2.05, 4.69) is 15.3 Å². The number of aromatic nitrogens is 2. The summed E-state index contributed by atoms with van der Waals surface area (Å²) in [5, 5.41) is 30.0. The molecule has 5 heterocycles. The number of furan rings is 1. The minimum Gasteiger partial charge on any atom is -0.490 e. The van der Waals surface area contributed by atoms with Gasteiger partial charge in [0.2, 0.25) is 11.8 Å². The number of aliphatic hydroxyl groups is 2. The number of alkyl halides is 3. The molecule has 0 radical (unpaired) electrons. The number of hydrogen-bond acceptors (Lipinski definition) is 11. The summed E-state index contributed by atoms with van der Waals surface area (Å²) >= 11 is 1.37. The standard InChI is InChI=1S/C42H44F4N6O6S/c1-25-12-13-47-18-33(25)37-11-10-31(58-37)17-27(39(55)50-38-32-4-2-3-5-36(32)57-22-35(38)54)16-30(53)20-52-15-14-51(21-34(52)40(56)48-24-42(44,45)46)19-29-23-59-41(49-29)26-6-8-28(43)9-7-26/h2-13,18,23,27,30,34-35,38,53-54H,14-17,19-22,24H2,1H3,(H,48,56)(H,50,55)/t27-,30+,34+,35-,38+/m1/s1. The summed E-state index contributed by atoms with van der Waals surface area (Å²) in [6.07, 6.45) is -3.56. The number of halogens is 4. The maximum Gasteiger partial charge on any atom is 0.405 e. The number of β-amino-alcohol motifs (C(OH)–C–C–N with tert-alkyl or cyclic N) is 1. The fourth-order valence-electron chi connectivity index (χ4n) is 7.47. The molecule has 2 aliphatic heterocycles. The van der Waals surface area contributed by atoms with Crippen LogP contribution in [0, 0.1) is 18.7 Å². The number of aliphatic hydroxyl groups excluding tert-OH is 2. The number of para-hydroxylation sites is 1. The predicted molar refractivity (Wildman–Crippen MR) is 211 cm³/mol. The number of nitrogens with zero attached hydrogens (tertiary/aromatic N) is 4. The molecule has 2 aromatic carbocycles. The van der Waals surface area contributed by atoms with E-state index in [-0.39, 0.29) is 44.9 Å². The van der Waals surface area contributed by atoms with Gasteiger partial charge in [-0.1, -0.05) is 18.2 Å². The Labute approximate surface area is 341 Å². The summed E-state index contributed by atoms with van der Waals surface area (Å²) in [6, 6.07) is 16.5. The molecule has 5 aromatic rings. The molecule has 1 fully saturated rings. The van der Waals surface area contributed by atoms with Crippen molar-refractivity contribution in [1.82, 2.24) is 30.4 Å². The van der Waals surface area contributed by atoms with Crippen LogP contribution in [0.15, 0.2) is 88.9 Å². The Bertz CT molecular complexity index is 2220. The molecule has 2 aliphatic rings. The third-order valence-corrected chi connectivity index (χ3v) is 11.4. The van der Waals surface area contributed by atoms with Gasteiger partial charge in [0.1, 0.15) is 53.4 Å². The number of piperazine rings is 1. The summed E-state index contributed by atoms with van der Waals surface area (Å²) in [7, 11) is 0. The largest absolute Gasteiger partial charge is 0.490 e. The van der Waals surface area contributed by atoms with E-state index < -0.39 is 54.7 Å². The Balaban J connectivity index is 1.07. The normalized spacial score (nSPS) is 19.7. The van der Waals surface area contributed by atoms with Gasteiger partial charge in [0.15, 0.2) is 0 Å². The highest BCUT2D eigenvalue weighted by Crippen LogP contribution is 2.33. The zero-order valence-corrected chi connectivity index (χ0v) is 32.9. The first-order valence-electron chi connectivity index (χ1n) is 19.2. The summed E-state index contributed by atoms with van der Waals surface area (Å²) < 4.78 is 65.0. The van der Waals surface area contributed by atoms with Crippen molar-refractivity contribution in [2.45, 2.75) is 56.8 Å². The van der Waals surface area contributed by atoms with Crippen LogP contribution in [0.25, 0.3) is 21.9 Å². The Hall–Kier alpha value is -5.20. The molecular weight excluding hydrogens is 793 g/mol. The second kappa shape index (κ2) is 18.4. The molecule has 4 N–H and O–H groups in total. The molecule has 0 spiro atoms. The highest BCUT2D eigenvalue weighted by Gasteiger charge is 2.38. The number of benzene rings is 2. The van der Waals surface area contributed by atoms with E-state index in [4.69, 9.17) is 9.15 Å². The van der Waals surface area contributed by atoms with Crippen molar-refractivity contribution in [3.05, 3.63) is 113 Å². The van der Waals surface area contributed by atoms with E-state index in [1.165, 1.54) is 23.5 Å². The molecule has 2 amide bonds. The molecule has 12 nitrogen and oxygen atoms in total. The van der Waals surface area contributed by atoms with E-state index in [0.29, 0.717) is 46.6 Å². The molecule has 312 valence electrons. The van der Waals surface area contributed by atoms with E-state index in [0.717, 1.165) is 16.7 Å². The van der Waals surface area contributed by atoms with Crippen molar-refractivity contribution in [2.75, 3.05) is 39.3 Å². The molecule has 5 atom stereocenters. The van der Waals surface area contributed by atoms with Gasteiger partial charge in [-0.2, -0.15) is 13.2 Å². The molecule has 59 heavy (non-hydrogen) atoms. The first-order valence-corrected chi connectivity index (χ1v) is 20.1. The van der Waals surface area contributed by atoms with Crippen molar-refractivity contribution >= 4 is 23.2 Å². The summed E-state index contributed by atoms with van der Waals surface area (Å²) in [6.45, 7) is 1.25. The summed E-state index contributed by atoms with van der Waals surface area (Å²) in [5.74, 6) is -1.03. The van der Waals surface area contributed by atoms with Gasteiger partial charge in [0, 0.05) is 79.5 Å². The van der Waals surface area contributed by atoms with Gasteiger partial charge < -0.3 is 30.0 Å². The first-order chi connectivity index (χ1) is 28.3. The molecule has 0 bridgehead atoms. The number of ether oxygens (including phenoxy) is 1. The lowest BCUT2D eigenvalue weighted by atomic mass is 9.92. The topological polar surface area (TPSA) is 153 Å². The van der Waals surface area contributed by atoms with Crippen LogP contribution in [-0.4, -0.2) is 106 Å². The Morgan fingerprint density at radius 3 is 2.64 bits per heavy atom. The van der Waals surface area contributed by atoms with Crippen molar-refractivity contribution in [3.63, 3.8) is 0 Å². The maximum atomic E-state index is 14.2. The Kier molecular flexibility index (Phi) is 13.1. The SMILES string of the molecule is Cc1ccncc1-c1ccc(C[C@@H](C[C@H](O)CN2CCN(Cc3csc(-c4ccc(F)cc4)n3)C[C@H]2C(=O)NCC(F)(F)F)C(=O)N[C@H]2c3ccccc3OC[C@H]2O)o1. The second-order valence-electron chi connectivity index (χ2n) is 14.9. The zero-order chi connectivity index (χ0) is 41.7. The fraction of sp³-hybridized carbons (Fsp3) is 0.381. The number of carbonyl (C=O) groups is 2. The van der Waals surface area contributed by atoms with Crippen molar-refractivity contribution in [2.24, 2.45) is 5.92 Å². The summed E-state index contributed by atoms with van der Waals surface area (Å²) in [4.78, 5) is 40.0. The number of thiazole rings is 1. The number of aryl methyl sites for hydroxylation is 1. The fourth-order valence-corrected chi connectivity index (χ4v) is 8.29. The number of carbonyl (C=O) groups excluding carboxylic acids is 2. The van der Waals surface area contributed by atoms with Crippen LogP contribution in [0.2, 0.25) is 0 Å². The second-order valence-corrected chi connectivity index (χ2v) is 15.7. The molecule has 7 rings (SSSR count). The lowest BCUT2D eigenvalue weighted by Crippen LogP contribution is -2.60. The lowest BCUT2D eigenvalue weighted by molar-refractivity contribution is -0.143. The van der Waals surface area contributed by atoms with Gasteiger partial charge in [-0.05, 0) is 67.4 Å². The third kappa shape index (κ3) is 10.7. The highest BCUT2D eigenvalue weighted by molar-refractivity contribution is 7.13. The first kappa shape index (κ1) is 41.9. The lowest BCUT2D eigenvalue weighted by Gasteiger charge is -2.41. The van der Waals surface area contributed by atoms with E-state index in [9.17, 15) is 37.4 Å². The minimum absolute atomic E-state index is 0.0388.